The Hall–Kier alpha value is -6.64. The molecular weight excluding hydrogens is 605 g/mol. The molecule has 0 aliphatic rings. The van der Waals surface area contributed by atoms with Crippen LogP contribution in [0.2, 0.25) is 0 Å². The fourth-order valence-electron chi connectivity index (χ4n) is 7.92. The number of aromatic nitrogens is 2. The van der Waals surface area contributed by atoms with Crippen LogP contribution in [0.1, 0.15) is 0 Å². The van der Waals surface area contributed by atoms with Gasteiger partial charge in [-0.1, -0.05) is 146 Å². The minimum atomic E-state index is 1.15. The summed E-state index contributed by atoms with van der Waals surface area (Å²) in [5.41, 5.74) is 14.4. The van der Waals surface area contributed by atoms with E-state index >= 15 is 0 Å². The predicted octanol–water partition coefficient (Wildman–Crippen LogP) is 12.9. The zero-order chi connectivity index (χ0) is 33.0. The molecule has 0 aliphatic carbocycles. The fourth-order valence-corrected chi connectivity index (χ4v) is 7.92. The van der Waals surface area contributed by atoms with Gasteiger partial charge < -0.3 is 9.13 Å². The quantitative estimate of drug-likeness (QED) is 0.178. The average Bonchev–Trinajstić information content (AvgIpc) is 3.72. The topological polar surface area (TPSA) is 9.86 Å². The molecule has 2 nitrogen and oxygen atoms in total. The molecule has 0 saturated heterocycles. The van der Waals surface area contributed by atoms with E-state index in [4.69, 9.17) is 0 Å². The van der Waals surface area contributed by atoms with Gasteiger partial charge in [0, 0.05) is 38.5 Å². The number of benzene rings is 8. The molecule has 2 heteroatoms. The summed E-state index contributed by atoms with van der Waals surface area (Å²) in [7, 11) is 0. The molecule has 2 heterocycles. The van der Waals surface area contributed by atoms with Crippen LogP contribution < -0.4 is 0 Å². The molecule has 0 N–H and O–H groups in total. The van der Waals surface area contributed by atoms with Crippen molar-refractivity contribution in [2.75, 3.05) is 0 Å². The Labute approximate surface area is 290 Å². The molecule has 0 unspecified atom stereocenters. The highest BCUT2D eigenvalue weighted by Gasteiger charge is 2.21. The smallest absolute Gasteiger partial charge is 0.0619 e. The van der Waals surface area contributed by atoms with Gasteiger partial charge in [0.15, 0.2) is 0 Å². The molecule has 10 rings (SSSR count). The summed E-state index contributed by atoms with van der Waals surface area (Å²) in [6.07, 6.45) is 0. The normalized spacial score (nSPS) is 11.6. The first-order valence-electron chi connectivity index (χ1n) is 17.2. The minimum absolute atomic E-state index is 1.15. The molecule has 0 saturated carbocycles. The number of para-hydroxylation sites is 3. The van der Waals surface area contributed by atoms with Gasteiger partial charge in [0.1, 0.15) is 0 Å². The number of rotatable bonds is 5. The molecule has 0 amide bonds. The summed E-state index contributed by atoms with van der Waals surface area (Å²) in [6.45, 7) is 0. The molecule has 0 bridgehead atoms. The van der Waals surface area contributed by atoms with E-state index in [9.17, 15) is 0 Å². The molecule has 234 valence electrons. The molecule has 0 atom stereocenters. The minimum Gasteiger partial charge on any atom is -0.309 e. The second-order valence-electron chi connectivity index (χ2n) is 12.9. The zero-order valence-corrected chi connectivity index (χ0v) is 27.4. The van der Waals surface area contributed by atoms with Crippen LogP contribution in [-0.4, -0.2) is 9.13 Å². The summed E-state index contributed by atoms with van der Waals surface area (Å²) in [5.74, 6) is 0. The molecule has 0 aliphatic heterocycles. The van der Waals surface area contributed by atoms with Crippen molar-refractivity contribution < 1.29 is 0 Å². The lowest BCUT2D eigenvalue weighted by atomic mass is 9.96. The van der Waals surface area contributed by atoms with E-state index in [1.54, 1.807) is 0 Å². The third-order valence-electron chi connectivity index (χ3n) is 10.1. The van der Waals surface area contributed by atoms with Crippen LogP contribution >= 0.6 is 0 Å². The molecule has 50 heavy (non-hydrogen) atoms. The third-order valence-corrected chi connectivity index (χ3v) is 10.1. The molecule has 0 fully saturated rings. The molecule has 8 aromatic carbocycles. The molecule has 2 aromatic heterocycles. The molecule has 0 radical (unpaired) electrons. The first kappa shape index (κ1) is 28.4. The Morgan fingerprint density at radius 1 is 0.280 bits per heavy atom. The van der Waals surface area contributed by atoms with E-state index in [0.717, 1.165) is 11.4 Å². The van der Waals surface area contributed by atoms with Crippen LogP contribution in [0.25, 0.3) is 88.4 Å². The Kier molecular flexibility index (Phi) is 6.53. The number of hydrogen-bond acceptors (Lipinski definition) is 0. The highest BCUT2D eigenvalue weighted by atomic mass is 15.0. The largest absolute Gasteiger partial charge is 0.309 e. The first-order valence-corrected chi connectivity index (χ1v) is 17.2. The van der Waals surface area contributed by atoms with Gasteiger partial charge in [0.05, 0.1) is 22.1 Å². The maximum Gasteiger partial charge on any atom is 0.0619 e. The summed E-state index contributed by atoms with van der Waals surface area (Å²) in [5, 5.41) is 5.00. The van der Waals surface area contributed by atoms with Crippen LogP contribution in [0.3, 0.4) is 0 Å². The summed E-state index contributed by atoms with van der Waals surface area (Å²) < 4.78 is 4.89. The van der Waals surface area contributed by atoms with Crippen molar-refractivity contribution in [3.05, 3.63) is 194 Å². The van der Waals surface area contributed by atoms with E-state index in [1.807, 2.05) is 0 Å². The average molecular weight is 637 g/mol. The van der Waals surface area contributed by atoms with Crippen molar-refractivity contribution in [2.45, 2.75) is 0 Å². The van der Waals surface area contributed by atoms with Gasteiger partial charge in [0.25, 0.3) is 0 Å². The van der Waals surface area contributed by atoms with Crippen molar-refractivity contribution in [1.82, 2.24) is 9.13 Å². The van der Waals surface area contributed by atoms with Gasteiger partial charge in [-0.2, -0.15) is 0 Å². The van der Waals surface area contributed by atoms with E-state index in [-0.39, 0.29) is 0 Å². The molecule has 10 aromatic rings. The van der Waals surface area contributed by atoms with Crippen LogP contribution in [0.15, 0.2) is 194 Å². The maximum atomic E-state index is 2.47. The number of nitrogens with zero attached hydrogens (tertiary/aromatic N) is 2. The Morgan fingerprint density at radius 2 is 0.820 bits per heavy atom. The second-order valence-corrected chi connectivity index (χ2v) is 12.9. The molecular formula is C48H32N2. The lowest BCUT2D eigenvalue weighted by Gasteiger charge is -2.14. The highest BCUT2D eigenvalue weighted by Crippen LogP contribution is 2.44. The lowest BCUT2D eigenvalue weighted by molar-refractivity contribution is 1.18. The Morgan fingerprint density at radius 3 is 1.60 bits per heavy atom. The Balaban J connectivity index is 1.31. The van der Waals surface area contributed by atoms with E-state index < -0.39 is 0 Å². The van der Waals surface area contributed by atoms with Gasteiger partial charge in [-0.25, -0.2) is 0 Å². The summed E-state index contributed by atoms with van der Waals surface area (Å²) in [4.78, 5) is 0. The number of hydrogen-bond donors (Lipinski definition) is 0. The lowest BCUT2D eigenvalue weighted by Crippen LogP contribution is -1.96. The van der Waals surface area contributed by atoms with Gasteiger partial charge in [-0.3, -0.25) is 0 Å². The monoisotopic (exact) mass is 636 g/mol. The van der Waals surface area contributed by atoms with Crippen molar-refractivity contribution in [3.8, 4) is 44.8 Å². The van der Waals surface area contributed by atoms with Gasteiger partial charge >= 0.3 is 0 Å². The van der Waals surface area contributed by atoms with E-state index in [1.165, 1.54) is 77.0 Å². The maximum absolute atomic E-state index is 2.47. The van der Waals surface area contributed by atoms with Gasteiger partial charge in [-0.05, 0) is 76.3 Å². The van der Waals surface area contributed by atoms with Crippen LogP contribution in [0.4, 0.5) is 0 Å². The highest BCUT2D eigenvalue weighted by molar-refractivity contribution is 6.21. The van der Waals surface area contributed by atoms with Gasteiger partial charge in [0.2, 0.25) is 0 Å². The van der Waals surface area contributed by atoms with Crippen molar-refractivity contribution in [3.63, 3.8) is 0 Å². The third kappa shape index (κ3) is 4.43. The van der Waals surface area contributed by atoms with Gasteiger partial charge in [-0.15, -0.1) is 0 Å². The van der Waals surface area contributed by atoms with Crippen LogP contribution in [-0.2, 0) is 0 Å². The first-order chi connectivity index (χ1) is 24.8. The second kappa shape index (κ2) is 11.5. The van der Waals surface area contributed by atoms with Crippen LogP contribution in [0, 0.1) is 0 Å². The van der Waals surface area contributed by atoms with Crippen LogP contribution in [0.5, 0.6) is 0 Å². The molecule has 0 spiro atoms. The van der Waals surface area contributed by atoms with Crippen molar-refractivity contribution in [1.29, 1.82) is 0 Å². The fraction of sp³-hybridized carbons (Fsp3) is 0. The zero-order valence-electron chi connectivity index (χ0n) is 27.4. The van der Waals surface area contributed by atoms with Crippen molar-refractivity contribution >= 4 is 43.6 Å². The SMILES string of the molecule is c1ccc(-c2cccc(-n3c4ccccc4c4cccc(-c5cccc6c5c5cc(-c7ccccc7)ccc5n6-c5ccccc5)c43)c2)cc1. The number of fused-ring (bicyclic) bond motifs is 6. The van der Waals surface area contributed by atoms with Crippen molar-refractivity contribution in [2.24, 2.45) is 0 Å². The summed E-state index contributed by atoms with van der Waals surface area (Å²) in [6, 6.07) is 70.4. The predicted molar refractivity (Wildman–Crippen MR) is 211 cm³/mol. The van der Waals surface area contributed by atoms with E-state index in [0.29, 0.717) is 0 Å². The van der Waals surface area contributed by atoms with E-state index in [2.05, 4.69) is 203 Å². The standard InChI is InChI=1S/C48H32N2/c1-4-15-33(16-5-1)35-19-12-22-38(31-35)50-44-27-11-10-23-39(44)41-25-13-26-42(48(41)50)40-24-14-28-46-47(40)43-32-36(34-17-6-2-7-18-34)29-30-45(43)49(46)37-20-8-3-9-21-37/h1-32H. The Bertz CT molecular complexity index is 2840. The summed E-state index contributed by atoms with van der Waals surface area (Å²) >= 11 is 0.